The van der Waals surface area contributed by atoms with Crippen LogP contribution < -0.4 is 14.8 Å². The third kappa shape index (κ3) is 4.50. The summed E-state index contributed by atoms with van der Waals surface area (Å²) in [5.74, 6) is 1.24. The van der Waals surface area contributed by atoms with Crippen LogP contribution in [0.1, 0.15) is 42.5 Å². The van der Waals surface area contributed by atoms with Gasteiger partial charge < -0.3 is 19.7 Å². The van der Waals surface area contributed by atoms with Gasteiger partial charge in [0.25, 0.3) is 5.91 Å². The number of anilines is 1. The Morgan fingerprint density at radius 2 is 1.71 bits per heavy atom. The molecule has 0 radical (unpaired) electrons. The lowest BCUT2D eigenvalue weighted by atomic mass is 9.84. The van der Waals surface area contributed by atoms with E-state index in [1.54, 1.807) is 26.4 Å². The average molecular weight is 492 g/mol. The number of carbonyl (C=O) groups excluding carboxylic acids is 2. The van der Waals surface area contributed by atoms with E-state index in [1.807, 2.05) is 46.7 Å². The number of likely N-dealkylation sites (tertiary alicyclic amines) is 1. The average Bonchev–Trinajstić information content (AvgIpc) is 3.53. The van der Waals surface area contributed by atoms with Gasteiger partial charge in [0.15, 0.2) is 5.13 Å². The highest BCUT2D eigenvalue weighted by molar-refractivity contribution is 7.14. The Morgan fingerprint density at radius 1 is 1.00 bits per heavy atom. The number of nitrogens with zero attached hydrogens (tertiary/aromatic N) is 2. The van der Waals surface area contributed by atoms with Crippen molar-refractivity contribution < 1.29 is 19.1 Å². The van der Waals surface area contributed by atoms with Gasteiger partial charge in [0.05, 0.1) is 25.5 Å². The molecule has 5 rings (SSSR count). The van der Waals surface area contributed by atoms with Crippen molar-refractivity contribution in [3.8, 4) is 22.8 Å². The van der Waals surface area contributed by atoms with Gasteiger partial charge in [-0.1, -0.05) is 37.1 Å². The van der Waals surface area contributed by atoms with E-state index < -0.39 is 6.04 Å². The molecule has 2 aromatic carbocycles. The summed E-state index contributed by atoms with van der Waals surface area (Å²) >= 11 is 1.37. The molecule has 1 aromatic heterocycles. The summed E-state index contributed by atoms with van der Waals surface area (Å²) in [5.41, 5.74) is 2.10. The molecule has 1 N–H and O–H groups in total. The van der Waals surface area contributed by atoms with Gasteiger partial charge in [0.1, 0.15) is 17.5 Å². The van der Waals surface area contributed by atoms with Gasteiger partial charge in [-0.05, 0) is 49.4 Å². The van der Waals surface area contributed by atoms with Crippen molar-refractivity contribution in [3.05, 3.63) is 59.5 Å². The summed E-state index contributed by atoms with van der Waals surface area (Å²) in [7, 11) is 3.19. The number of nitrogens with one attached hydrogen (secondary N) is 1. The lowest BCUT2D eigenvalue weighted by Gasteiger charge is -2.33. The van der Waals surface area contributed by atoms with E-state index in [0.717, 1.165) is 42.7 Å². The summed E-state index contributed by atoms with van der Waals surface area (Å²) in [4.78, 5) is 33.7. The molecule has 8 heteroatoms. The van der Waals surface area contributed by atoms with Crippen LogP contribution >= 0.6 is 11.3 Å². The van der Waals surface area contributed by atoms with E-state index in [9.17, 15) is 9.59 Å². The molecule has 2 heterocycles. The first-order valence-corrected chi connectivity index (χ1v) is 12.8. The number of aromatic nitrogens is 1. The van der Waals surface area contributed by atoms with Crippen molar-refractivity contribution in [3.63, 3.8) is 0 Å². The van der Waals surface area contributed by atoms with Gasteiger partial charge in [-0.3, -0.25) is 9.59 Å². The van der Waals surface area contributed by atoms with Gasteiger partial charge in [0, 0.05) is 17.0 Å². The second-order valence-electron chi connectivity index (χ2n) is 9.00. The van der Waals surface area contributed by atoms with Crippen molar-refractivity contribution in [1.29, 1.82) is 0 Å². The molecule has 35 heavy (non-hydrogen) atoms. The topological polar surface area (TPSA) is 80.8 Å². The summed E-state index contributed by atoms with van der Waals surface area (Å²) in [6.07, 6.45) is 4.84. The van der Waals surface area contributed by atoms with Crippen LogP contribution in [0.15, 0.2) is 53.9 Å². The van der Waals surface area contributed by atoms with Crippen LogP contribution in [0, 0.1) is 5.92 Å². The molecule has 1 aliphatic carbocycles. The second-order valence-corrected chi connectivity index (χ2v) is 9.86. The van der Waals surface area contributed by atoms with Crippen molar-refractivity contribution in [1.82, 2.24) is 9.88 Å². The van der Waals surface area contributed by atoms with Gasteiger partial charge in [-0.15, -0.1) is 11.3 Å². The highest BCUT2D eigenvalue weighted by Crippen LogP contribution is 2.42. The van der Waals surface area contributed by atoms with Crippen LogP contribution in [0.5, 0.6) is 11.5 Å². The van der Waals surface area contributed by atoms with Gasteiger partial charge in [-0.2, -0.15) is 0 Å². The number of para-hydroxylation sites is 2. The molecule has 3 atom stereocenters. The molecule has 2 fully saturated rings. The highest BCUT2D eigenvalue weighted by Gasteiger charge is 2.48. The normalized spacial score (nSPS) is 21.3. The van der Waals surface area contributed by atoms with Gasteiger partial charge in [0.2, 0.25) is 5.91 Å². The highest BCUT2D eigenvalue weighted by atomic mass is 32.1. The van der Waals surface area contributed by atoms with Crippen molar-refractivity contribution in [2.24, 2.45) is 5.92 Å². The molecule has 1 aliphatic heterocycles. The number of thiazole rings is 1. The quantitative estimate of drug-likeness (QED) is 0.510. The fraction of sp³-hybridized carbons (Fsp3) is 0.370. The van der Waals surface area contributed by atoms with Gasteiger partial charge >= 0.3 is 0 Å². The number of methoxy groups -OCH3 is 2. The first-order valence-electron chi connectivity index (χ1n) is 12.0. The number of carbonyl (C=O) groups is 2. The maximum atomic E-state index is 13.7. The fourth-order valence-electron chi connectivity index (χ4n) is 5.45. The molecule has 1 saturated carbocycles. The predicted octanol–water partition coefficient (Wildman–Crippen LogP) is 5.24. The molecular formula is C27H29N3O4S. The molecule has 3 aromatic rings. The Balaban J connectivity index is 1.40. The molecule has 7 nitrogen and oxygen atoms in total. The molecule has 1 saturated heterocycles. The Morgan fingerprint density at radius 3 is 2.51 bits per heavy atom. The first kappa shape index (κ1) is 23.4. The SMILES string of the molecule is COc1ccccc1C(=O)N1[C@H](C(=O)Nc2nc(-c3ccccc3OC)cs2)C[C@@H]2CCCC[C@@H]21. The number of ether oxygens (including phenoxy) is 2. The monoisotopic (exact) mass is 491 g/mol. The van der Waals surface area contributed by atoms with Crippen molar-refractivity contribution in [2.45, 2.75) is 44.2 Å². The minimum absolute atomic E-state index is 0.0670. The van der Waals surface area contributed by atoms with Gasteiger partial charge in [-0.25, -0.2) is 4.98 Å². The molecule has 2 aliphatic rings. The number of rotatable bonds is 6. The standard InChI is InChI=1S/C27H29N3O4S/c1-33-23-13-7-4-10-18(23)20-16-35-27(28-20)29-25(31)22-15-17-9-3-6-12-21(17)30(22)26(32)19-11-5-8-14-24(19)34-2/h4-5,7-8,10-11,13-14,16-17,21-22H,3,6,9,12,15H2,1-2H3,(H,28,29,31)/t17-,21-,22-/m0/s1. The Labute approximate surface area is 209 Å². The molecule has 0 unspecified atom stereocenters. The number of benzene rings is 2. The smallest absolute Gasteiger partial charge is 0.258 e. The predicted molar refractivity (Wildman–Crippen MR) is 136 cm³/mol. The number of amides is 2. The van der Waals surface area contributed by atoms with E-state index in [4.69, 9.17) is 9.47 Å². The molecular weight excluding hydrogens is 462 g/mol. The molecule has 2 amide bonds. The zero-order valence-corrected chi connectivity index (χ0v) is 20.7. The van der Waals surface area contributed by atoms with E-state index >= 15 is 0 Å². The third-order valence-corrected chi connectivity index (χ3v) is 7.84. The van der Waals surface area contributed by atoms with E-state index in [1.165, 1.54) is 11.3 Å². The molecule has 0 spiro atoms. The lowest BCUT2D eigenvalue weighted by molar-refractivity contribution is -0.120. The number of hydrogen-bond acceptors (Lipinski definition) is 6. The first-order chi connectivity index (χ1) is 17.1. The molecule has 0 bridgehead atoms. The number of fused-ring (bicyclic) bond motifs is 1. The minimum atomic E-state index is -0.542. The van der Waals surface area contributed by atoms with Crippen LogP contribution in [-0.2, 0) is 4.79 Å². The van der Waals surface area contributed by atoms with E-state index in [-0.39, 0.29) is 17.9 Å². The summed E-state index contributed by atoms with van der Waals surface area (Å²) in [5, 5.41) is 5.40. The summed E-state index contributed by atoms with van der Waals surface area (Å²) < 4.78 is 10.9. The number of hydrogen-bond donors (Lipinski definition) is 1. The van der Waals surface area contributed by atoms with E-state index in [0.29, 0.717) is 28.8 Å². The zero-order chi connectivity index (χ0) is 24.4. The Bertz CT molecular complexity index is 1230. The maximum Gasteiger partial charge on any atom is 0.258 e. The van der Waals surface area contributed by atoms with Crippen molar-refractivity contribution in [2.75, 3.05) is 19.5 Å². The van der Waals surface area contributed by atoms with Crippen LogP contribution in [0.3, 0.4) is 0 Å². The summed E-state index contributed by atoms with van der Waals surface area (Å²) in [6.45, 7) is 0. The van der Waals surface area contributed by atoms with Crippen LogP contribution in [-0.4, -0.2) is 48.0 Å². The summed E-state index contributed by atoms with van der Waals surface area (Å²) in [6, 6.07) is 14.4. The Kier molecular flexibility index (Phi) is 6.72. The minimum Gasteiger partial charge on any atom is -0.496 e. The third-order valence-electron chi connectivity index (χ3n) is 7.08. The Hall–Kier alpha value is -3.39. The lowest BCUT2D eigenvalue weighted by Crippen LogP contribution is -2.47. The fourth-order valence-corrected chi connectivity index (χ4v) is 6.16. The van der Waals surface area contributed by atoms with Crippen LogP contribution in [0.25, 0.3) is 11.3 Å². The second kappa shape index (κ2) is 10.1. The molecule has 182 valence electrons. The van der Waals surface area contributed by atoms with E-state index in [2.05, 4.69) is 10.3 Å². The van der Waals surface area contributed by atoms with Crippen LogP contribution in [0.2, 0.25) is 0 Å². The maximum absolute atomic E-state index is 13.7. The van der Waals surface area contributed by atoms with Crippen LogP contribution in [0.4, 0.5) is 5.13 Å². The largest absolute Gasteiger partial charge is 0.496 e. The van der Waals surface area contributed by atoms with Crippen molar-refractivity contribution >= 4 is 28.3 Å². The zero-order valence-electron chi connectivity index (χ0n) is 19.9.